The maximum atomic E-state index is 11.3. The molecule has 2 aliphatic heterocycles. The van der Waals surface area contributed by atoms with E-state index in [1.165, 1.54) is 13.8 Å². The van der Waals surface area contributed by atoms with E-state index in [0.717, 1.165) is 12.8 Å². The number of hydrogen-bond donors (Lipinski definition) is 1. The summed E-state index contributed by atoms with van der Waals surface area (Å²) in [5.74, 6) is -0.820. The summed E-state index contributed by atoms with van der Waals surface area (Å²) < 4.78 is 16.6. The molecule has 1 N–H and O–H groups in total. The highest BCUT2D eigenvalue weighted by Gasteiger charge is 2.44. The highest BCUT2D eigenvalue weighted by Crippen LogP contribution is 2.31. The van der Waals surface area contributed by atoms with Gasteiger partial charge < -0.3 is 19.3 Å². The van der Waals surface area contributed by atoms with Crippen molar-refractivity contribution in [2.24, 2.45) is 0 Å². The monoisotopic (exact) mass is 312 g/mol. The highest BCUT2D eigenvalue weighted by atomic mass is 16.6. The normalized spacial score (nSPS) is 37.0. The van der Waals surface area contributed by atoms with Crippen molar-refractivity contribution in [2.45, 2.75) is 76.5 Å². The standard InChI is InChI=1S/C16H24O6/c1-10(17)20-14-9-15(21-11(2)18)16-12(19)7-5-3-4-6-8-13(14)22-16/h3-4,12-16,19H,5-9H2,1-2H3/b4-3-/t12-,13-,14+,15-,16+/m0/s1. The molecule has 0 radical (unpaired) electrons. The molecule has 6 nitrogen and oxygen atoms in total. The molecule has 0 saturated carbocycles. The molecule has 0 aromatic carbocycles. The molecule has 1 fully saturated rings. The van der Waals surface area contributed by atoms with Crippen LogP contribution in [0.4, 0.5) is 0 Å². The van der Waals surface area contributed by atoms with Crippen molar-refractivity contribution in [2.75, 3.05) is 0 Å². The minimum atomic E-state index is -0.715. The Balaban J connectivity index is 2.19. The summed E-state index contributed by atoms with van der Waals surface area (Å²) in [5.41, 5.74) is 0. The lowest BCUT2D eigenvalue weighted by atomic mass is 9.90. The molecule has 2 heterocycles. The van der Waals surface area contributed by atoms with E-state index < -0.39 is 30.4 Å². The summed E-state index contributed by atoms with van der Waals surface area (Å²) in [7, 11) is 0. The molecule has 2 aliphatic rings. The number of rotatable bonds is 2. The van der Waals surface area contributed by atoms with Gasteiger partial charge in [0, 0.05) is 20.3 Å². The molecular weight excluding hydrogens is 288 g/mol. The van der Waals surface area contributed by atoms with Crippen LogP contribution in [0.1, 0.15) is 46.0 Å². The summed E-state index contributed by atoms with van der Waals surface area (Å²) in [6.07, 6.45) is 4.62. The van der Waals surface area contributed by atoms with Crippen molar-refractivity contribution < 1.29 is 28.9 Å². The lowest BCUT2D eigenvalue weighted by Gasteiger charge is -2.42. The molecule has 0 unspecified atom stereocenters. The highest BCUT2D eigenvalue weighted by molar-refractivity contribution is 5.66. The van der Waals surface area contributed by atoms with Crippen LogP contribution in [0.25, 0.3) is 0 Å². The number of fused-ring (bicyclic) bond motifs is 2. The third kappa shape index (κ3) is 4.55. The second-order valence-corrected chi connectivity index (χ2v) is 5.86. The first kappa shape index (κ1) is 17.0. The summed E-state index contributed by atoms with van der Waals surface area (Å²) in [6, 6.07) is 0. The van der Waals surface area contributed by atoms with Gasteiger partial charge in [-0.25, -0.2) is 0 Å². The van der Waals surface area contributed by atoms with Crippen LogP contribution in [0.15, 0.2) is 12.2 Å². The Labute approximate surface area is 130 Å². The number of aliphatic hydroxyl groups excluding tert-OH is 1. The quantitative estimate of drug-likeness (QED) is 0.614. The van der Waals surface area contributed by atoms with Crippen LogP contribution in [-0.4, -0.2) is 47.6 Å². The van der Waals surface area contributed by atoms with Crippen molar-refractivity contribution in [1.29, 1.82) is 0 Å². The van der Waals surface area contributed by atoms with E-state index >= 15 is 0 Å². The van der Waals surface area contributed by atoms with Gasteiger partial charge in [-0.2, -0.15) is 0 Å². The number of ether oxygens (including phenoxy) is 3. The Morgan fingerprint density at radius 3 is 2.27 bits per heavy atom. The van der Waals surface area contributed by atoms with Gasteiger partial charge in [0.1, 0.15) is 18.3 Å². The van der Waals surface area contributed by atoms with Crippen LogP contribution >= 0.6 is 0 Å². The van der Waals surface area contributed by atoms with Crippen LogP contribution in [0.5, 0.6) is 0 Å². The molecule has 22 heavy (non-hydrogen) atoms. The SMILES string of the molecule is CC(=O)O[C@H]1C[C@@H](OC(C)=O)[C@@H]2CC/C=C\CC[C@H](O)[C@H]1O2. The average Bonchev–Trinajstić information content (AvgIpc) is 2.42. The number of hydrogen-bond acceptors (Lipinski definition) is 6. The number of allylic oxidation sites excluding steroid dienone is 2. The van der Waals surface area contributed by atoms with Gasteiger partial charge in [0.2, 0.25) is 0 Å². The molecule has 0 amide bonds. The Morgan fingerprint density at radius 2 is 1.64 bits per heavy atom. The third-order valence-corrected chi connectivity index (χ3v) is 4.01. The zero-order valence-corrected chi connectivity index (χ0v) is 13.1. The van der Waals surface area contributed by atoms with Gasteiger partial charge >= 0.3 is 11.9 Å². The first-order chi connectivity index (χ1) is 10.5. The Kier molecular flexibility index (Phi) is 5.97. The van der Waals surface area contributed by atoms with E-state index in [4.69, 9.17) is 14.2 Å². The molecule has 2 bridgehead atoms. The molecule has 5 atom stereocenters. The topological polar surface area (TPSA) is 82.1 Å². The largest absolute Gasteiger partial charge is 0.460 e. The van der Waals surface area contributed by atoms with E-state index in [1.54, 1.807) is 0 Å². The van der Waals surface area contributed by atoms with E-state index in [-0.39, 0.29) is 12.1 Å². The second kappa shape index (κ2) is 7.74. The maximum Gasteiger partial charge on any atom is 0.302 e. The van der Waals surface area contributed by atoms with E-state index in [2.05, 4.69) is 6.08 Å². The summed E-state index contributed by atoms with van der Waals surface area (Å²) >= 11 is 0. The maximum absolute atomic E-state index is 11.3. The van der Waals surface area contributed by atoms with Gasteiger partial charge in [-0.1, -0.05) is 12.2 Å². The van der Waals surface area contributed by atoms with E-state index in [1.807, 2.05) is 6.08 Å². The minimum absolute atomic E-state index is 0.293. The summed E-state index contributed by atoms with van der Waals surface area (Å²) in [4.78, 5) is 22.6. The van der Waals surface area contributed by atoms with Gasteiger partial charge in [-0.3, -0.25) is 9.59 Å². The fourth-order valence-corrected chi connectivity index (χ4v) is 3.08. The van der Waals surface area contributed by atoms with Crippen LogP contribution in [0, 0.1) is 0 Å². The van der Waals surface area contributed by atoms with Crippen LogP contribution < -0.4 is 0 Å². The van der Waals surface area contributed by atoms with E-state index in [0.29, 0.717) is 19.3 Å². The van der Waals surface area contributed by atoms with Crippen molar-refractivity contribution >= 4 is 11.9 Å². The molecule has 1 saturated heterocycles. The molecule has 0 aromatic rings. The van der Waals surface area contributed by atoms with E-state index in [9.17, 15) is 14.7 Å². The van der Waals surface area contributed by atoms with Crippen molar-refractivity contribution in [3.8, 4) is 0 Å². The van der Waals surface area contributed by atoms with Crippen LogP contribution in [-0.2, 0) is 23.8 Å². The fourth-order valence-electron chi connectivity index (χ4n) is 3.08. The molecule has 0 aliphatic carbocycles. The summed E-state index contributed by atoms with van der Waals surface area (Å²) in [6.45, 7) is 2.67. The van der Waals surface area contributed by atoms with Crippen molar-refractivity contribution in [1.82, 2.24) is 0 Å². The molecule has 124 valence electrons. The van der Waals surface area contributed by atoms with Gasteiger partial charge in [-0.05, 0) is 25.7 Å². The smallest absolute Gasteiger partial charge is 0.302 e. The first-order valence-electron chi connectivity index (χ1n) is 7.80. The van der Waals surface area contributed by atoms with Gasteiger partial charge in [0.15, 0.2) is 0 Å². The lowest BCUT2D eigenvalue weighted by molar-refractivity contribution is -0.220. The number of esters is 2. The molecular formula is C16H24O6. The van der Waals surface area contributed by atoms with Crippen molar-refractivity contribution in [3.63, 3.8) is 0 Å². The van der Waals surface area contributed by atoms with Gasteiger partial charge in [0.05, 0.1) is 12.2 Å². The molecule has 0 spiro atoms. The van der Waals surface area contributed by atoms with Crippen molar-refractivity contribution in [3.05, 3.63) is 12.2 Å². The Hall–Kier alpha value is -1.40. The number of aliphatic hydroxyl groups is 1. The number of carbonyl (C=O) groups is 2. The first-order valence-corrected chi connectivity index (χ1v) is 7.80. The summed E-state index contributed by atoms with van der Waals surface area (Å²) in [5, 5.41) is 10.3. The average molecular weight is 312 g/mol. The second-order valence-electron chi connectivity index (χ2n) is 5.86. The molecule has 2 rings (SSSR count). The van der Waals surface area contributed by atoms with Gasteiger partial charge in [-0.15, -0.1) is 0 Å². The molecule has 0 aromatic heterocycles. The van der Waals surface area contributed by atoms with Crippen LogP contribution in [0.2, 0.25) is 0 Å². The van der Waals surface area contributed by atoms with Crippen LogP contribution in [0.3, 0.4) is 0 Å². The number of carbonyl (C=O) groups excluding carboxylic acids is 2. The zero-order chi connectivity index (χ0) is 16.1. The zero-order valence-electron chi connectivity index (χ0n) is 13.1. The molecule has 6 heteroatoms. The minimum Gasteiger partial charge on any atom is -0.460 e. The van der Waals surface area contributed by atoms with Gasteiger partial charge in [0.25, 0.3) is 0 Å². The Morgan fingerprint density at radius 1 is 1.05 bits per heavy atom. The predicted molar refractivity (Wildman–Crippen MR) is 78.0 cm³/mol. The lowest BCUT2D eigenvalue weighted by Crippen LogP contribution is -2.54. The Bertz CT molecular complexity index is 432. The fraction of sp³-hybridized carbons (Fsp3) is 0.750. The third-order valence-electron chi connectivity index (χ3n) is 4.01. The predicted octanol–water partition coefficient (Wildman–Crippen LogP) is 1.50.